The highest BCUT2D eigenvalue weighted by Crippen LogP contribution is 2.46. The fourth-order valence-corrected chi connectivity index (χ4v) is 3.23. The highest BCUT2D eigenvalue weighted by molar-refractivity contribution is 8.00. The molecule has 0 radical (unpaired) electrons. The van der Waals surface area contributed by atoms with Crippen LogP contribution < -0.4 is 0 Å². The molecule has 0 bridgehead atoms. The Labute approximate surface area is 76.4 Å². The van der Waals surface area contributed by atoms with Crippen LogP contribution in [-0.4, -0.2) is 22.6 Å². The van der Waals surface area contributed by atoms with E-state index in [1.807, 2.05) is 11.8 Å². The zero-order valence-electron chi connectivity index (χ0n) is 7.13. The molecule has 2 atom stereocenters. The average Bonchev–Trinajstić information content (AvgIpc) is 2.45. The maximum Gasteiger partial charge on any atom is 0.334 e. The minimum absolute atomic E-state index is 0.190. The standard InChI is InChI=1S/C9H12O2S/c1-6-5-9(11-8(6)10)3-4-12-7(9)2/h7H,1,3-5H2,2H3. The lowest BCUT2D eigenvalue weighted by Crippen LogP contribution is -2.34. The number of carbonyl (C=O) groups excluding carboxylic acids is 1. The summed E-state index contributed by atoms with van der Waals surface area (Å²) in [6.07, 6.45) is 1.73. The lowest BCUT2D eigenvalue weighted by atomic mass is 9.92. The average molecular weight is 184 g/mol. The first-order valence-corrected chi connectivity index (χ1v) is 5.22. The van der Waals surface area contributed by atoms with E-state index in [0.29, 0.717) is 10.8 Å². The van der Waals surface area contributed by atoms with Crippen molar-refractivity contribution in [2.24, 2.45) is 0 Å². The van der Waals surface area contributed by atoms with Crippen molar-refractivity contribution in [1.29, 1.82) is 0 Å². The molecule has 2 rings (SSSR count). The summed E-state index contributed by atoms with van der Waals surface area (Å²) >= 11 is 1.88. The maximum atomic E-state index is 11.1. The first kappa shape index (κ1) is 8.17. The normalized spacial score (nSPS) is 40.9. The minimum Gasteiger partial charge on any atom is -0.454 e. The molecule has 2 heterocycles. The summed E-state index contributed by atoms with van der Waals surface area (Å²) in [5.41, 5.74) is 0.447. The molecule has 2 saturated heterocycles. The summed E-state index contributed by atoms with van der Waals surface area (Å²) < 4.78 is 5.38. The molecule has 66 valence electrons. The monoisotopic (exact) mass is 184 g/mol. The van der Waals surface area contributed by atoms with Gasteiger partial charge in [-0.25, -0.2) is 4.79 Å². The Kier molecular flexibility index (Phi) is 1.72. The lowest BCUT2D eigenvalue weighted by Gasteiger charge is -2.25. The summed E-state index contributed by atoms with van der Waals surface area (Å²) in [5.74, 6) is 0.909. The van der Waals surface area contributed by atoms with Gasteiger partial charge in [0.05, 0.1) is 0 Å². The minimum atomic E-state index is -0.196. The van der Waals surface area contributed by atoms with Gasteiger partial charge in [0.25, 0.3) is 0 Å². The van der Waals surface area contributed by atoms with Crippen molar-refractivity contribution in [2.75, 3.05) is 5.75 Å². The van der Waals surface area contributed by atoms with Crippen LogP contribution >= 0.6 is 11.8 Å². The molecule has 3 heteroatoms. The second-order valence-corrected chi connectivity index (χ2v) is 4.95. The Morgan fingerprint density at radius 1 is 1.75 bits per heavy atom. The molecule has 2 aliphatic heterocycles. The molecule has 2 fully saturated rings. The van der Waals surface area contributed by atoms with Crippen LogP contribution in [0.3, 0.4) is 0 Å². The predicted molar refractivity (Wildman–Crippen MR) is 49.1 cm³/mol. The SMILES string of the molecule is C=C1CC2(CCSC2C)OC1=O. The van der Waals surface area contributed by atoms with Crippen LogP contribution in [0, 0.1) is 0 Å². The molecule has 0 N–H and O–H groups in total. The van der Waals surface area contributed by atoms with Crippen LogP contribution in [0.15, 0.2) is 12.2 Å². The molecule has 0 aromatic rings. The molecule has 2 unspecified atom stereocenters. The van der Waals surface area contributed by atoms with Crippen molar-refractivity contribution in [1.82, 2.24) is 0 Å². The van der Waals surface area contributed by atoms with Gasteiger partial charge in [0.15, 0.2) is 0 Å². The molecule has 0 saturated carbocycles. The van der Waals surface area contributed by atoms with Crippen LogP contribution in [0.1, 0.15) is 19.8 Å². The first-order chi connectivity index (χ1) is 5.64. The Morgan fingerprint density at radius 2 is 2.50 bits per heavy atom. The summed E-state index contributed by atoms with van der Waals surface area (Å²) in [5, 5.41) is 0.431. The fraction of sp³-hybridized carbons (Fsp3) is 0.667. The molecule has 12 heavy (non-hydrogen) atoms. The lowest BCUT2D eigenvalue weighted by molar-refractivity contribution is -0.145. The van der Waals surface area contributed by atoms with Gasteiger partial charge in [-0.15, -0.1) is 0 Å². The Morgan fingerprint density at radius 3 is 2.92 bits per heavy atom. The van der Waals surface area contributed by atoms with Crippen LogP contribution in [0.2, 0.25) is 0 Å². The second-order valence-electron chi connectivity index (χ2n) is 3.50. The Hall–Kier alpha value is -0.440. The predicted octanol–water partition coefficient (Wildman–Crippen LogP) is 1.75. The summed E-state index contributed by atoms with van der Waals surface area (Å²) in [6.45, 7) is 5.83. The number of thioether (sulfide) groups is 1. The number of rotatable bonds is 0. The largest absolute Gasteiger partial charge is 0.454 e. The van der Waals surface area contributed by atoms with Gasteiger partial charge in [0.1, 0.15) is 5.60 Å². The summed E-state index contributed by atoms with van der Waals surface area (Å²) in [7, 11) is 0. The quantitative estimate of drug-likeness (QED) is 0.424. The van der Waals surface area contributed by atoms with E-state index < -0.39 is 0 Å². The van der Waals surface area contributed by atoms with Gasteiger partial charge in [0, 0.05) is 17.2 Å². The molecule has 0 aromatic carbocycles. The second kappa shape index (κ2) is 2.52. The van der Waals surface area contributed by atoms with Crippen molar-refractivity contribution in [3.05, 3.63) is 12.2 Å². The topological polar surface area (TPSA) is 26.3 Å². The number of ether oxygens (including phenoxy) is 1. The van der Waals surface area contributed by atoms with E-state index in [1.54, 1.807) is 0 Å². The highest BCUT2D eigenvalue weighted by Gasteiger charge is 2.49. The van der Waals surface area contributed by atoms with Crippen molar-refractivity contribution in [3.63, 3.8) is 0 Å². The number of esters is 1. The van der Waals surface area contributed by atoms with E-state index in [4.69, 9.17) is 4.74 Å². The van der Waals surface area contributed by atoms with Crippen molar-refractivity contribution < 1.29 is 9.53 Å². The molecule has 0 amide bonds. The van der Waals surface area contributed by atoms with E-state index in [2.05, 4.69) is 13.5 Å². The van der Waals surface area contributed by atoms with Crippen LogP contribution in [0.4, 0.5) is 0 Å². The van der Waals surface area contributed by atoms with Gasteiger partial charge < -0.3 is 4.74 Å². The van der Waals surface area contributed by atoms with E-state index in [1.165, 1.54) is 0 Å². The van der Waals surface area contributed by atoms with Gasteiger partial charge in [-0.2, -0.15) is 11.8 Å². The third kappa shape index (κ3) is 0.993. The van der Waals surface area contributed by atoms with Gasteiger partial charge in [-0.05, 0) is 19.1 Å². The maximum absolute atomic E-state index is 11.1. The smallest absolute Gasteiger partial charge is 0.334 e. The molecule has 1 spiro atoms. The number of carbonyl (C=O) groups is 1. The van der Waals surface area contributed by atoms with Crippen LogP contribution in [0.25, 0.3) is 0 Å². The van der Waals surface area contributed by atoms with Gasteiger partial charge in [-0.1, -0.05) is 6.58 Å². The van der Waals surface area contributed by atoms with Gasteiger partial charge in [0.2, 0.25) is 0 Å². The zero-order chi connectivity index (χ0) is 8.77. The van der Waals surface area contributed by atoms with E-state index in [0.717, 1.165) is 18.6 Å². The van der Waals surface area contributed by atoms with Gasteiger partial charge >= 0.3 is 5.97 Å². The van der Waals surface area contributed by atoms with Gasteiger partial charge in [-0.3, -0.25) is 0 Å². The molecule has 0 aromatic heterocycles. The number of hydrogen-bond donors (Lipinski definition) is 0. The summed E-state index contributed by atoms with van der Waals surface area (Å²) in [6, 6.07) is 0. The van der Waals surface area contributed by atoms with Crippen molar-refractivity contribution in [2.45, 2.75) is 30.6 Å². The van der Waals surface area contributed by atoms with E-state index in [-0.39, 0.29) is 11.6 Å². The molecule has 0 aliphatic carbocycles. The zero-order valence-corrected chi connectivity index (χ0v) is 7.95. The number of hydrogen-bond acceptors (Lipinski definition) is 3. The molecule has 2 nitrogen and oxygen atoms in total. The van der Waals surface area contributed by atoms with Crippen molar-refractivity contribution >= 4 is 17.7 Å². The van der Waals surface area contributed by atoms with Crippen LogP contribution in [0.5, 0.6) is 0 Å². The first-order valence-electron chi connectivity index (χ1n) is 4.17. The third-order valence-corrected chi connectivity index (χ3v) is 4.10. The Bertz CT molecular complexity index is 231. The molecule has 2 aliphatic rings. The summed E-state index contributed by atoms with van der Waals surface area (Å²) in [4.78, 5) is 11.1. The highest BCUT2D eigenvalue weighted by atomic mass is 32.2. The Balaban J connectivity index is 2.24. The molecular formula is C9H12O2S. The van der Waals surface area contributed by atoms with E-state index >= 15 is 0 Å². The third-order valence-electron chi connectivity index (χ3n) is 2.73. The molecular weight excluding hydrogens is 172 g/mol. The van der Waals surface area contributed by atoms with E-state index in [9.17, 15) is 4.79 Å². The van der Waals surface area contributed by atoms with Crippen molar-refractivity contribution in [3.8, 4) is 0 Å². The fourth-order valence-electron chi connectivity index (χ4n) is 1.86. The van der Waals surface area contributed by atoms with Crippen LogP contribution in [-0.2, 0) is 9.53 Å².